The molecule has 0 saturated carbocycles. The molecule has 25 heavy (non-hydrogen) atoms. The van der Waals surface area contributed by atoms with Crippen LogP contribution in [0.25, 0.3) is 0 Å². The van der Waals surface area contributed by atoms with Crippen LogP contribution in [0.15, 0.2) is 24.3 Å². The molecule has 1 unspecified atom stereocenters. The SMILES string of the molecule is Cc1ccccc1OCC1(O)CCN(C(=O)CCN2CCCC2=O)C1. The van der Waals surface area contributed by atoms with Gasteiger partial charge in [-0.15, -0.1) is 0 Å². The van der Waals surface area contributed by atoms with Crippen molar-refractivity contribution < 1.29 is 19.4 Å². The normalized spacial score (nSPS) is 23.4. The second kappa shape index (κ2) is 7.44. The molecule has 1 aromatic rings. The molecule has 2 amide bonds. The highest BCUT2D eigenvalue weighted by atomic mass is 16.5. The van der Waals surface area contributed by atoms with Crippen LogP contribution in [0.1, 0.15) is 31.2 Å². The van der Waals surface area contributed by atoms with Crippen molar-refractivity contribution in [2.45, 2.75) is 38.2 Å². The highest BCUT2D eigenvalue weighted by molar-refractivity contribution is 5.80. The van der Waals surface area contributed by atoms with E-state index in [0.717, 1.165) is 24.3 Å². The van der Waals surface area contributed by atoms with E-state index < -0.39 is 5.60 Å². The van der Waals surface area contributed by atoms with Gasteiger partial charge in [-0.1, -0.05) is 18.2 Å². The van der Waals surface area contributed by atoms with Crippen molar-refractivity contribution in [1.29, 1.82) is 0 Å². The summed E-state index contributed by atoms with van der Waals surface area (Å²) < 4.78 is 5.77. The Morgan fingerprint density at radius 3 is 2.84 bits per heavy atom. The van der Waals surface area contributed by atoms with E-state index in [1.54, 1.807) is 9.80 Å². The molecule has 2 heterocycles. The second-order valence-electron chi connectivity index (χ2n) is 7.08. The Kier molecular flexibility index (Phi) is 5.27. The van der Waals surface area contributed by atoms with E-state index in [1.807, 2.05) is 31.2 Å². The fourth-order valence-corrected chi connectivity index (χ4v) is 3.45. The Hall–Kier alpha value is -2.08. The van der Waals surface area contributed by atoms with Crippen LogP contribution in [0, 0.1) is 6.92 Å². The lowest BCUT2D eigenvalue weighted by Gasteiger charge is -2.24. The number of carbonyl (C=O) groups excluding carboxylic acids is 2. The summed E-state index contributed by atoms with van der Waals surface area (Å²) in [5, 5.41) is 10.7. The molecule has 1 atom stereocenters. The van der Waals surface area contributed by atoms with Crippen LogP contribution in [-0.4, -0.2) is 65.1 Å². The minimum atomic E-state index is -1.01. The molecule has 1 aromatic carbocycles. The molecule has 136 valence electrons. The van der Waals surface area contributed by atoms with Gasteiger partial charge < -0.3 is 19.6 Å². The summed E-state index contributed by atoms with van der Waals surface area (Å²) in [6, 6.07) is 7.68. The molecule has 6 nitrogen and oxygen atoms in total. The molecule has 0 bridgehead atoms. The number of β-amino-alcohol motifs (C(OH)–C–C–N with tert-alkyl or cyclic N) is 1. The Morgan fingerprint density at radius 1 is 1.32 bits per heavy atom. The van der Waals surface area contributed by atoms with E-state index in [4.69, 9.17) is 4.74 Å². The standard InChI is InChI=1S/C19H26N2O4/c1-15-5-2-3-6-16(15)25-14-19(24)9-12-21(13-19)18(23)8-11-20-10-4-7-17(20)22/h2-3,5-6,24H,4,7-14H2,1H3. The van der Waals surface area contributed by atoms with Crippen molar-refractivity contribution in [2.24, 2.45) is 0 Å². The number of para-hydroxylation sites is 1. The summed E-state index contributed by atoms with van der Waals surface area (Å²) in [5.41, 5.74) is 0.00816. The minimum Gasteiger partial charge on any atom is -0.490 e. The molecular weight excluding hydrogens is 320 g/mol. The van der Waals surface area contributed by atoms with E-state index >= 15 is 0 Å². The van der Waals surface area contributed by atoms with E-state index in [-0.39, 0.29) is 25.0 Å². The van der Waals surface area contributed by atoms with Crippen molar-refractivity contribution in [2.75, 3.05) is 32.8 Å². The molecule has 2 fully saturated rings. The van der Waals surface area contributed by atoms with Gasteiger partial charge in [-0.2, -0.15) is 0 Å². The molecule has 0 aromatic heterocycles. The van der Waals surface area contributed by atoms with Crippen molar-refractivity contribution in [3.63, 3.8) is 0 Å². The summed E-state index contributed by atoms with van der Waals surface area (Å²) in [5.74, 6) is 0.886. The Morgan fingerprint density at radius 2 is 2.12 bits per heavy atom. The van der Waals surface area contributed by atoms with Gasteiger partial charge in [0.1, 0.15) is 18.0 Å². The quantitative estimate of drug-likeness (QED) is 0.844. The summed E-state index contributed by atoms with van der Waals surface area (Å²) in [4.78, 5) is 27.4. The van der Waals surface area contributed by atoms with Gasteiger partial charge in [0, 0.05) is 32.5 Å². The molecule has 6 heteroatoms. The maximum absolute atomic E-state index is 12.4. The van der Waals surface area contributed by atoms with Crippen LogP contribution < -0.4 is 4.74 Å². The first-order valence-corrected chi connectivity index (χ1v) is 8.93. The lowest BCUT2D eigenvalue weighted by molar-refractivity contribution is -0.133. The van der Waals surface area contributed by atoms with Gasteiger partial charge in [0.25, 0.3) is 0 Å². The molecule has 0 radical (unpaired) electrons. The van der Waals surface area contributed by atoms with Gasteiger partial charge in [0.05, 0.1) is 6.54 Å². The van der Waals surface area contributed by atoms with Crippen molar-refractivity contribution >= 4 is 11.8 Å². The number of likely N-dealkylation sites (tertiary alicyclic amines) is 2. The van der Waals surface area contributed by atoms with E-state index in [2.05, 4.69) is 0 Å². The lowest BCUT2D eigenvalue weighted by atomic mass is 10.1. The zero-order valence-corrected chi connectivity index (χ0v) is 14.7. The number of carbonyl (C=O) groups is 2. The number of ether oxygens (including phenoxy) is 1. The molecule has 3 rings (SSSR count). The minimum absolute atomic E-state index is 0.00785. The third-order valence-electron chi connectivity index (χ3n) is 5.04. The van der Waals surface area contributed by atoms with Crippen molar-refractivity contribution in [1.82, 2.24) is 9.80 Å². The van der Waals surface area contributed by atoms with Crippen molar-refractivity contribution in [3.8, 4) is 5.75 Å². The van der Waals surface area contributed by atoms with Crippen molar-refractivity contribution in [3.05, 3.63) is 29.8 Å². The predicted molar refractivity (Wildman–Crippen MR) is 93.3 cm³/mol. The second-order valence-corrected chi connectivity index (χ2v) is 7.08. The summed E-state index contributed by atoms with van der Waals surface area (Å²) in [7, 11) is 0. The van der Waals surface area contributed by atoms with Gasteiger partial charge in [-0.3, -0.25) is 9.59 Å². The number of hydrogen-bond donors (Lipinski definition) is 1. The zero-order chi connectivity index (χ0) is 17.9. The summed E-state index contributed by atoms with van der Waals surface area (Å²) >= 11 is 0. The van der Waals surface area contributed by atoms with Gasteiger partial charge >= 0.3 is 0 Å². The fraction of sp³-hybridized carbons (Fsp3) is 0.579. The molecule has 2 saturated heterocycles. The number of rotatable bonds is 6. The van der Waals surface area contributed by atoms with Crippen LogP contribution in [0.5, 0.6) is 5.75 Å². The van der Waals surface area contributed by atoms with Crippen LogP contribution >= 0.6 is 0 Å². The molecule has 1 N–H and O–H groups in total. The van der Waals surface area contributed by atoms with Crippen LogP contribution in [-0.2, 0) is 9.59 Å². The number of aryl methyl sites for hydroxylation is 1. The zero-order valence-electron chi connectivity index (χ0n) is 14.7. The molecule has 0 spiro atoms. The van der Waals surface area contributed by atoms with Crippen LogP contribution in [0.4, 0.5) is 0 Å². The first kappa shape index (κ1) is 17.7. The van der Waals surface area contributed by atoms with Gasteiger partial charge in [0.2, 0.25) is 11.8 Å². The molecule has 2 aliphatic heterocycles. The lowest BCUT2D eigenvalue weighted by Crippen LogP contribution is -2.41. The Bertz CT molecular complexity index is 648. The molecular formula is C19H26N2O4. The fourth-order valence-electron chi connectivity index (χ4n) is 3.45. The number of aliphatic hydroxyl groups is 1. The van der Waals surface area contributed by atoms with Crippen LogP contribution in [0.3, 0.4) is 0 Å². The maximum atomic E-state index is 12.4. The number of hydrogen-bond acceptors (Lipinski definition) is 4. The third-order valence-corrected chi connectivity index (χ3v) is 5.04. The van der Waals surface area contributed by atoms with E-state index in [1.165, 1.54) is 0 Å². The maximum Gasteiger partial charge on any atom is 0.224 e. The highest BCUT2D eigenvalue weighted by Crippen LogP contribution is 2.25. The topological polar surface area (TPSA) is 70.1 Å². The smallest absolute Gasteiger partial charge is 0.224 e. The summed E-state index contributed by atoms with van der Waals surface area (Å²) in [6.45, 7) is 4.18. The molecule has 0 aliphatic carbocycles. The first-order valence-electron chi connectivity index (χ1n) is 8.93. The highest BCUT2D eigenvalue weighted by Gasteiger charge is 2.39. The van der Waals surface area contributed by atoms with E-state index in [9.17, 15) is 14.7 Å². The predicted octanol–water partition coefficient (Wildman–Crippen LogP) is 1.35. The Labute approximate surface area is 148 Å². The summed E-state index contributed by atoms with van der Waals surface area (Å²) in [6.07, 6.45) is 2.30. The monoisotopic (exact) mass is 346 g/mol. The number of benzene rings is 1. The third kappa shape index (κ3) is 4.31. The Balaban J connectivity index is 1.47. The molecule has 2 aliphatic rings. The van der Waals surface area contributed by atoms with Gasteiger partial charge in [0.15, 0.2) is 0 Å². The average Bonchev–Trinajstić information content (AvgIpc) is 3.18. The van der Waals surface area contributed by atoms with Gasteiger partial charge in [-0.25, -0.2) is 0 Å². The average molecular weight is 346 g/mol. The first-order chi connectivity index (χ1) is 12.0. The number of nitrogens with zero attached hydrogens (tertiary/aromatic N) is 2. The largest absolute Gasteiger partial charge is 0.490 e. The van der Waals surface area contributed by atoms with Gasteiger partial charge in [-0.05, 0) is 31.4 Å². The van der Waals surface area contributed by atoms with E-state index in [0.29, 0.717) is 32.4 Å². The number of amides is 2. The van der Waals surface area contributed by atoms with Crippen LogP contribution in [0.2, 0.25) is 0 Å².